The van der Waals surface area contributed by atoms with Gasteiger partial charge in [0, 0.05) is 34.6 Å². The number of nitrogens with two attached hydrogens (primary N) is 1. The molecule has 20 heavy (non-hydrogen) atoms. The molecule has 1 aliphatic rings. The summed E-state index contributed by atoms with van der Waals surface area (Å²) in [5.41, 5.74) is 6.85. The Hall–Kier alpha value is -1.10. The number of nitrogens with zero attached hydrogens (tertiary/aromatic N) is 1. The molecule has 2 atom stereocenters. The summed E-state index contributed by atoms with van der Waals surface area (Å²) >= 11 is 1.64. The Kier molecular flexibility index (Phi) is 4.68. The zero-order valence-electron chi connectivity index (χ0n) is 11.4. The minimum Gasteiger partial charge on any atom is -0.338 e. The van der Waals surface area contributed by atoms with Crippen LogP contribution in [0.4, 0.5) is 0 Å². The Morgan fingerprint density at radius 2 is 2.15 bits per heavy atom. The quantitative estimate of drug-likeness (QED) is 0.879. The van der Waals surface area contributed by atoms with E-state index in [0.717, 1.165) is 30.5 Å². The van der Waals surface area contributed by atoms with Crippen LogP contribution in [-0.4, -0.2) is 29.9 Å². The van der Waals surface area contributed by atoms with Gasteiger partial charge in [-0.25, -0.2) is 0 Å². The van der Waals surface area contributed by atoms with Crippen LogP contribution < -0.4 is 5.73 Å². The third-order valence-electron chi connectivity index (χ3n) is 3.97. The second-order valence-corrected chi connectivity index (χ2v) is 6.24. The largest absolute Gasteiger partial charge is 0.338 e. The van der Waals surface area contributed by atoms with E-state index in [1.807, 2.05) is 28.5 Å². The van der Waals surface area contributed by atoms with Gasteiger partial charge in [0.15, 0.2) is 0 Å². The van der Waals surface area contributed by atoms with Gasteiger partial charge in [-0.05, 0) is 18.4 Å². The van der Waals surface area contributed by atoms with Crippen molar-refractivity contribution in [2.75, 3.05) is 13.1 Å². The zero-order valence-corrected chi connectivity index (χ0v) is 13.0. The van der Waals surface area contributed by atoms with Crippen LogP contribution in [0.3, 0.4) is 0 Å². The molecule has 0 bridgehead atoms. The molecule has 0 radical (unpaired) electrons. The fourth-order valence-electron chi connectivity index (χ4n) is 2.66. The topological polar surface area (TPSA) is 46.3 Å². The van der Waals surface area contributed by atoms with Crippen molar-refractivity contribution in [1.82, 2.24) is 4.90 Å². The van der Waals surface area contributed by atoms with Gasteiger partial charge in [0.05, 0.1) is 5.56 Å². The molecule has 2 aromatic rings. The SMILES string of the molecule is CC1CN(C(=O)c2csc3ccccc23)CCC1N.Cl. The highest BCUT2D eigenvalue weighted by molar-refractivity contribution is 7.17. The molecule has 1 aromatic heterocycles. The van der Waals surface area contributed by atoms with E-state index in [1.165, 1.54) is 4.70 Å². The Labute approximate surface area is 129 Å². The van der Waals surface area contributed by atoms with E-state index in [-0.39, 0.29) is 24.4 Å². The fourth-order valence-corrected chi connectivity index (χ4v) is 3.60. The number of rotatable bonds is 1. The lowest BCUT2D eigenvalue weighted by molar-refractivity contribution is 0.0666. The van der Waals surface area contributed by atoms with Gasteiger partial charge < -0.3 is 10.6 Å². The van der Waals surface area contributed by atoms with E-state index in [1.54, 1.807) is 11.3 Å². The zero-order chi connectivity index (χ0) is 13.4. The van der Waals surface area contributed by atoms with Crippen LogP contribution >= 0.6 is 23.7 Å². The standard InChI is InChI=1S/C15H18N2OS.ClH/c1-10-8-17(7-6-13(10)16)15(18)12-9-19-14-5-3-2-4-11(12)14;/h2-5,9-10,13H,6-8,16H2,1H3;1H. The third-order valence-corrected chi connectivity index (χ3v) is 4.93. The van der Waals surface area contributed by atoms with E-state index < -0.39 is 0 Å². The summed E-state index contributed by atoms with van der Waals surface area (Å²) in [4.78, 5) is 14.6. The lowest BCUT2D eigenvalue weighted by Gasteiger charge is -2.35. The van der Waals surface area contributed by atoms with Crippen molar-refractivity contribution >= 4 is 39.7 Å². The van der Waals surface area contributed by atoms with E-state index in [0.29, 0.717) is 5.92 Å². The maximum absolute atomic E-state index is 12.6. The molecule has 1 aromatic carbocycles. The fraction of sp³-hybridized carbons (Fsp3) is 0.400. The summed E-state index contributed by atoms with van der Waals surface area (Å²) in [5.74, 6) is 0.527. The first-order valence-corrected chi connectivity index (χ1v) is 7.56. The number of piperidine rings is 1. The monoisotopic (exact) mass is 310 g/mol. The van der Waals surface area contributed by atoms with E-state index >= 15 is 0 Å². The highest BCUT2D eigenvalue weighted by Gasteiger charge is 2.27. The van der Waals surface area contributed by atoms with Gasteiger partial charge >= 0.3 is 0 Å². The van der Waals surface area contributed by atoms with Gasteiger partial charge in [-0.1, -0.05) is 25.1 Å². The van der Waals surface area contributed by atoms with Crippen molar-refractivity contribution < 1.29 is 4.79 Å². The van der Waals surface area contributed by atoms with Crippen LogP contribution in [0.25, 0.3) is 10.1 Å². The molecule has 1 fully saturated rings. The smallest absolute Gasteiger partial charge is 0.255 e. The number of fused-ring (bicyclic) bond motifs is 1. The predicted molar refractivity (Wildman–Crippen MR) is 86.7 cm³/mol. The van der Waals surface area contributed by atoms with Crippen LogP contribution in [0.1, 0.15) is 23.7 Å². The van der Waals surface area contributed by atoms with Gasteiger partial charge in [0.25, 0.3) is 5.91 Å². The lowest BCUT2D eigenvalue weighted by Crippen LogP contribution is -2.48. The van der Waals surface area contributed by atoms with Crippen molar-refractivity contribution in [2.24, 2.45) is 11.7 Å². The second-order valence-electron chi connectivity index (χ2n) is 5.33. The molecule has 2 heterocycles. The minimum absolute atomic E-state index is 0. The molecule has 2 N–H and O–H groups in total. The van der Waals surface area contributed by atoms with Crippen LogP contribution in [-0.2, 0) is 0 Å². The van der Waals surface area contributed by atoms with Crippen LogP contribution in [0, 0.1) is 5.92 Å². The van der Waals surface area contributed by atoms with Gasteiger partial charge in [0.1, 0.15) is 0 Å². The van der Waals surface area contributed by atoms with Crippen molar-refractivity contribution in [2.45, 2.75) is 19.4 Å². The Balaban J connectivity index is 0.00000147. The molecule has 0 saturated carbocycles. The number of benzene rings is 1. The number of halogens is 1. The van der Waals surface area contributed by atoms with Crippen LogP contribution in [0.15, 0.2) is 29.6 Å². The number of thiophene rings is 1. The van der Waals surface area contributed by atoms with Crippen molar-refractivity contribution in [3.8, 4) is 0 Å². The lowest BCUT2D eigenvalue weighted by atomic mass is 9.94. The van der Waals surface area contributed by atoms with Gasteiger partial charge in [-0.15, -0.1) is 23.7 Å². The number of carbonyl (C=O) groups is 1. The summed E-state index contributed by atoms with van der Waals surface area (Å²) in [7, 11) is 0. The summed E-state index contributed by atoms with van der Waals surface area (Å²) < 4.78 is 1.17. The molecule has 2 unspecified atom stereocenters. The van der Waals surface area contributed by atoms with Gasteiger partial charge in [-0.2, -0.15) is 0 Å². The van der Waals surface area contributed by atoms with Crippen molar-refractivity contribution in [1.29, 1.82) is 0 Å². The number of carbonyl (C=O) groups excluding carboxylic acids is 1. The van der Waals surface area contributed by atoms with Gasteiger partial charge in [0.2, 0.25) is 0 Å². The maximum Gasteiger partial charge on any atom is 0.255 e. The van der Waals surface area contributed by atoms with E-state index in [9.17, 15) is 4.79 Å². The van der Waals surface area contributed by atoms with Crippen molar-refractivity contribution in [3.63, 3.8) is 0 Å². The average Bonchev–Trinajstić information content (AvgIpc) is 2.85. The van der Waals surface area contributed by atoms with Crippen LogP contribution in [0.5, 0.6) is 0 Å². The number of likely N-dealkylation sites (tertiary alicyclic amines) is 1. The first-order chi connectivity index (χ1) is 9.16. The van der Waals surface area contributed by atoms with Crippen molar-refractivity contribution in [3.05, 3.63) is 35.2 Å². The maximum atomic E-state index is 12.6. The highest BCUT2D eigenvalue weighted by atomic mass is 35.5. The molecule has 1 aliphatic heterocycles. The number of hydrogen-bond acceptors (Lipinski definition) is 3. The molecule has 0 spiro atoms. The molecular formula is C15H19ClN2OS. The van der Waals surface area contributed by atoms with E-state index in [2.05, 4.69) is 13.0 Å². The van der Waals surface area contributed by atoms with Crippen LogP contribution in [0.2, 0.25) is 0 Å². The molecule has 1 saturated heterocycles. The third kappa shape index (κ3) is 2.68. The molecule has 3 nitrogen and oxygen atoms in total. The first kappa shape index (κ1) is 15.3. The minimum atomic E-state index is 0. The Morgan fingerprint density at radius 1 is 1.40 bits per heavy atom. The molecular weight excluding hydrogens is 292 g/mol. The number of hydrogen-bond donors (Lipinski definition) is 1. The Bertz CT molecular complexity index is 613. The predicted octanol–water partition coefficient (Wildman–Crippen LogP) is 3.13. The molecule has 5 heteroatoms. The summed E-state index contributed by atoms with van der Waals surface area (Å²) in [6.45, 7) is 3.66. The van der Waals surface area contributed by atoms with E-state index in [4.69, 9.17) is 5.73 Å². The molecule has 108 valence electrons. The molecule has 0 aliphatic carbocycles. The normalized spacial score (nSPS) is 22.6. The highest BCUT2D eigenvalue weighted by Crippen LogP contribution is 2.28. The summed E-state index contributed by atoms with van der Waals surface area (Å²) in [6, 6.07) is 8.31. The average molecular weight is 311 g/mol. The second kappa shape index (κ2) is 6.12. The van der Waals surface area contributed by atoms with Gasteiger partial charge in [-0.3, -0.25) is 4.79 Å². The Morgan fingerprint density at radius 3 is 2.90 bits per heavy atom. The summed E-state index contributed by atoms with van der Waals surface area (Å²) in [6.07, 6.45) is 0.898. The first-order valence-electron chi connectivity index (χ1n) is 6.68. The molecule has 1 amide bonds. The summed E-state index contributed by atoms with van der Waals surface area (Å²) in [5, 5.41) is 3.05. The number of amides is 1. The molecule has 3 rings (SSSR count).